The molecule has 1 aromatic heterocycles. The molecule has 4 aromatic rings. The number of ether oxygens (including phenoxy) is 1. The van der Waals surface area contributed by atoms with Crippen molar-refractivity contribution >= 4 is 28.0 Å². The van der Waals surface area contributed by atoms with Gasteiger partial charge in [-0.05, 0) is 41.5 Å². The van der Waals surface area contributed by atoms with Gasteiger partial charge in [0, 0.05) is 29.2 Å². The van der Waals surface area contributed by atoms with Gasteiger partial charge in [-0.25, -0.2) is 0 Å². The zero-order valence-electron chi connectivity index (χ0n) is 14.1. The smallest absolute Gasteiger partial charge is 0.152 e. The topological polar surface area (TPSA) is 31.2 Å². The summed E-state index contributed by atoms with van der Waals surface area (Å²) in [6, 6.07) is 20.7. The highest BCUT2D eigenvalue weighted by Crippen LogP contribution is 2.27. The number of benzene rings is 3. The maximum atomic E-state index is 11.5. The average Bonchev–Trinajstić information content (AvgIpc) is 2.99. The lowest BCUT2D eigenvalue weighted by Crippen LogP contribution is -1.99. The highest BCUT2D eigenvalue weighted by Gasteiger charge is 2.11. The summed E-state index contributed by atoms with van der Waals surface area (Å²) in [7, 11) is 0. The van der Waals surface area contributed by atoms with Crippen LogP contribution in [0.4, 0.5) is 0 Å². The predicted octanol–water partition coefficient (Wildman–Crippen LogP) is 5.05. The molecule has 0 fully saturated rings. The Bertz CT molecular complexity index is 1060. The first-order valence-corrected chi connectivity index (χ1v) is 8.47. The standard InChI is InChI=1S/C22H19NO2/c1-2-25-19-10-11-22-21(12-19)18(15-24)14-23(22)13-17-8-5-7-16-6-3-4-9-20(16)17/h3-12,14-15H,2,13H2,1H3. The summed E-state index contributed by atoms with van der Waals surface area (Å²) >= 11 is 0. The molecule has 0 aliphatic rings. The van der Waals surface area contributed by atoms with Gasteiger partial charge in [0.25, 0.3) is 0 Å². The average molecular weight is 329 g/mol. The lowest BCUT2D eigenvalue weighted by molar-refractivity contribution is 0.112. The Morgan fingerprint density at radius 1 is 1.00 bits per heavy atom. The van der Waals surface area contributed by atoms with Crippen LogP contribution in [-0.2, 0) is 6.54 Å². The number of nitrogens with zero attached hydrogens (tertiary/aromatic N) is 1. The number of hydrogen-bond donors (Lipinski definition) is 0. The van der Waals surface area contributed by atoms with E-state index in [2.05, 4.69) is 47.0 Å². The van der Waals surface area contributed by atoms with Crippen molar-refractivity contribution in [1.82, 2.24) is 4.57 Å². The van der Waals surface area contributed by atoms with Crippen LogP contribution in [0.15, 0.2) is 66.9 Å². The molecular formula is C22H19NO2. The molecule has 0 aliphatic heterocycles. The van der Waals surface area contributed by atoms with E-state index in [4.69, 9.17) is 4.74 Å². The van der Waals surface area contributed by atoms with Crippen LogP contribution in [0.2, 0.25) is 0 Å². The van der Waals surface area contributed by atoms with Crippen molar-refractivity contribution in [2.24, 2.45) is 0 Å². The third-order valence-corrected chi connectivity index (χ3v) is 4.54. The van der Waals surface area contributed by atoms with Gasteiger partial charge < -0.3 is 9.30 Å². The predicted molar refractivity (Wildman–Crippen MR) is 102 cm³/mol. The molecule has 25 heavy (non-hydrogen) atoms. The molecule has 3 heteroatoms. The van der Waals surface area contributed by atoms with Gasteiger partial charge in [-0.15, -0.1) is 0 Å². The molecule has 124 valence electrons. The summed E-state index contributed by atoms with van der Waals surface area (Å²) < 4.78 is 7.71. The van der Waals surface area contributed by atoms with E-state index >= 15 is 0 Å². The Balaban J connectivity index is 1.82. The summed E-state index contributed by atoms with van der Waals surface area (Å²) in [6.45, 7) is 3.29. The van der Waals surface area contributed by atoms with Gasteiger partial charge in [0.15, 0.2) is 6.29 Å². The molecule has 3 nitrogen and oxygen atoms in total. The maximum Gasteiger partial charge on any atom is 0.152 e. The van der Waals surface area contributed by atoms with E-state index in [0.29, 0.717) is 12.2 Å². The third kappa shape index (κ3) is 2.78. The Hall–Kier alpha value is -3.07. The summed E-state index contributed by atoms with van der Waals surface area (Å²) in [5.74, 6) is 0.793. The van der Waals surface area contributed by atoms with Crippen LogP contribution in [0.3, 0.4) is 0 Å². The minimum atomic E-state index is 0.610. The zero-order chi connectivity index (χ0) is 17.2. The van der Waals surface area contributed by atoms with Gasteiger partial charge in [0.1, 0.15) is 5.75 Å². The molecule has 0 N–H and O–H groups in total. The molecule has 0 aliphatic carbocycles. The lowest BCUT2D eigenvalue weighted by atomic mass is 10.0. The molecule has 0 bridgehead atoms. The molecule has 1 heterocycles. The molecule has 3 aromatic carbocycles. The van der Waals surface area contributed by atoms with E-state index in [1.54, 1.807) is 0 Å². The second kappa shape index (κ2) is 6.44. The van der Waals surface area contributed by atoms with Crippen LogP contribution in [0.25, 0.3) is 21.7 Å². The maximum absolute atomic E-state index is 11.5. The number of hydrogen-bond acceptors (Lipinski definition) is 2. The van der Waals surface area contributed by atoms with Crippen LogP contribution in [-0.4, -0.2) is 17.5 Å². The van der Waals surface area contributed by atoms with Crippen molar-refractivity contribution in [2.45, 2.75) is 13.5 Å². The number of rotatable bonds is 5. The number of aromatic nitrogens is 1. The summed E-state index contributed by atoms with van der Waals surface area (Å²) in [4.78, 5) is 11.5. The number of fused-ring (bicyclic) bond motifs is 2. The van der Waals surface area contributed by atoms with Crippen molar-refractivity contribution in [3.05, 3.63) is 78.0 Å². The summed E-state index contributed by atoms with van der Waals surface area (Å²) in [5.41, 5.74) is 2.97. The minimum absolute atomic E-state index is 0.610. The highest BCUT2D eigenvalue weighted by atomic mass is 16.5. The van der Waals surface area contributed by atoms with Crippen molar-refractivity contribution in [3.63, 3.8) is 0 Å². The molecular weight excluding hydrogens is 310 g/mol. The first-order chi connectivity index (χ1) is 12.3. The van der Waals surface area contributed by atoms with E-state index < -0.39 is 0 Å². The van der Waals surface area contributed by atoms with Crippen molar-refractivity contribution in [2.75, 3.05) is 6.61 Å². The fourth-order valence-corrected chi connectivity index (χ4v) is 3.40. The highest BCUT2D eigenvalue weighted by molar-refractivity contribution is 5.98. The van der Waals surface area contributed by atoms with Crippen LogP contribution >= 0.6 is 0 Å². The van der Waals surface area contributed by atoms with E-state index in [1.165, 1.54) is 16.3 Å². The first kappa shape index (κ1) is 15.5. The van der Waals surface area contributed by atoms with Gasteiger partial charge in [-0.2, -0.15) is 0 Å². The molecule has 0 unspecified atom stereocenters. The molecule has 4 rings (SSSR count). The van der Waals surface area contributed by atoms with Gasteiger partial charge in [-0.1, -0.05) is 42.5 Å². The molecule has 0 radical (unpaired) electrons. The second-order valence-electron chi connectivity index (χ2n) is 6.08. The zero-order valence-corrected chi connectivity index (χ0v) is 14.1. The van der Waals surface area contributed by atoms with Crippen molar-refractivity contribution in [3.8, 4) is 5.75 Å². The molecule has 0 amide bonds. The van der Waals surface area contributed by atoms with Crippen molar-refractivity contribution in [1.29, 1.82) is 0 Å². The fourth-order valence-electron chi connectivity index (χ4n) is 3.40. The van der Waals surface area contributed by atoms with Gasteiger partial charge in [0.05, 0.1) is 6.61 Å². The van der Waals surface area contributed by atoms with Crippen LogP contribution < -0.4 is 4.74 Å². The summed E-state index contributed by atoms with van der Waals surface area (Å²) in [6.07, 6.45) is 2.84. The van der Waals surface area contributed by atoms with Crippen LogP contribution in [0.5, 0.6) is 5.75 Å². The van der Waals surface area contributed by atoms with Gasteiger partial charge in [-0.3, -0.25) is 4.79 Å². The van der Waals surface area contributed by atoms with Gasteiger partial charge >= 0.3 is 0 Å². The Kier molecular flexibility index (Phi) is 3.98. The monoisotopic (exact) mass is 329 g/mol. The largest absolute Gasteiger partial charge is 0.494 e. The Morgan fingerprint density at radius 3 is 2.68 bits per heavy atom. The molecule has 0 saturated carbocycles. The SMILES string of the molecule is CCOc1ccc2c(c1)c(C=O)cn2Cc1cccc2ccccc12. The molecule has 0 saturated heterocycles. The van der Waals surface area contributed by atoms with Gasteiger partial charge in [0.2, 0.25) is 0 Å². The quantitative estimate of drug-likeness (QED) is 0.480. The number of aldehydes is 1. The van der Waals surface area contributed by atoms with Crippen molar-refractivity contribution < 1.29 is 9.53 Å². The Morgan fingerprint density at radius 2 is 1.84 bits per heavy atom. The number of carbonyl (C=O) groups is 1. The van der Waals surface area contributed by atoms with Crippen LogP contribution in [0.1, 0.15) is 22.8 Å². The lowest BCUT2D eigenvalue weighted by Gasteiger charge is -2.10. The third-order valence-electron chi connectivity index (χ3n) is 4.54. The van der Waals surface area contributed by atoms with Crippen LogP contribution in [0, 0.1) is 0 Å². The van der Waals surface area contributed by atoms with E-state index in [1.807, 2.05) is 31.3 Å². The minimum Gasteiger partial charge on any atom is -0.494 e. The molecule has 0 spiro atoms. The summed E-state index contributed by atoms with van der Waals surface area (Å²) in [5, 5.41) is 3.40. The molecule has 0 atom stereocenters. The van der Waals surface area contributed by atoms with E-state index in [9.17, 15) is 4.79 Å². The fraction of sp³-hybridized carbons (Fsp3) is 0.136. The van der Waals surface area contributed by atoms with E-state index in [0.717, 1.165) is 29.5 Å². The van der Waals surface area contributed by atoms with E-state index in [-0.39, 0.29) is 0 Å². The number of carbonyl (C=O) groups excluding carboxylic acids is 1. The second-order valence-corrected chi connectivity index (χ2v) is 6.08. The normalized spacial score (nSPS) is 11.1. The Labute approximate surface area is 146 Å². The first-order valence-electron chi connectivity index (χ1n) is 8.47.